The highest BCUT2D eigenvalue weighted by Crippen LogP contribution is 2.47. The molecule has 1 aliphatic carbocycles. The number of primary amides is 1. The highest BCUT2D eigenvalue weighted by molar-refractivity contribution is 5.88. The molecule has 188 valence electrons. The van der Waals surface area contributed by atoms with Crippen LogP contribution in [0.1, 0.15) is 36.1 Å². The van der Waals surface area contributed by atoms with Gasteiger partial charge in [-0.1, -0.05) is 55.3 Å². The van der Waals surface area contributed by atoms with Gasteiger partial charge in [-0.3, -0.25) is 9.59 Å². The third-order valence-corrected chi connectivity index (χ3v) is 7.84. The fraction of sp³-hybridized carbons (Fsp3) is 0.414. The number of H-pyrrole nitrogens is 1. The van der Waals surface area contributed by atoms with E-state index >= 15 is 0 Å². The number of rotatable bonds is 11. The maximum atomic E-state index is 14.0. The van der Waals surface area contributed by atoms with Gasteiger partial charge >= 0.3 is 0 Å². The molecule has 2 fully saturated rings. The summed E-state index contributed by atoms with van der Waals surface area (Å²) in [5.74, 6) is -0.179. The van der Waals surface area contributed by atoms with Crippen molar-refractivity contribution in [2.24, 2.45) is 23.5 Å². The van der Waals surface area contributed by atoms with E-state index in [-0.39, 0.29) is 11.3 Å². The first-order valence-electron chi connectivity index (χ1n) is 12.7. The first-order valence-corrected chi connectivity index (χ1v) is 12.7. The predicted molar refractivity (Wildman–Crippen MR) is 137 cm³/mol. The number of carbonyl (C=O) groups excluding carboxylic acids is 2. The number of carbonyl (C=O) groups is 2. The summed E-state index contributed by atoms with van der Waals surface area (Å²) in [4.78, 5) is 35.8. The van der Waals surface area contributed by atoms with Gasteiger partial charge in [0.05, 0.1) is 25.3 Å². The van der Waals surface area contributed by atoms with Crippen LogP contribution >= 0.6 is 0 Å². The number of hydrogen-bond acceptors (Lipinski definition) is 4. The lowest BCUT2D eigenvalue weighted by Gasteiger charge is -2.52. The van der Waals surface area contributed by atoms with Gasteiger partial charge in [0.1, 0.15) is 5.75 Å². The molecule has 0 spiro atoms. The van der Waals surface area contributed by atoms with E-state index in [0.29, 0.717) is 25.9 Å². The second-order valence-corrected chi connectivity index (χ2v) is 10.4. The van der Waals surface area contributed by atoms with Crippen LogP contribution in [0.25, 0.3) is 0 Å². The molecule has 0 radical (unpaired) electrons. The Morgan fingerprint density at radius 1 is 1.08 bits per heavy atom. The third kappa shape index (κ3) is 5.15. The molecule has 2 aliphatic rings. The van der Waals surface area contributed by atoms with Crippen LogP contribution in [0.2, 0.25) is 0 Å². The zero-order chi connectivity index (χ0) is 25.1. The molecular weight excluding hydrogens is 452 g/mol. The summed E-state index contributed by atoms with van der Waals surface area (Å²) in [6.07, 6.45) is 7.70. The molecule has 1 aliphatic heterocycles. The Morgan fingerprint density at radius 2 is 1.81 bits per heavy atom. The van der Waals surface area contributed by atoms with Gasteiger partial charge in [-0.05, 0) is 42.0 Å². The van der Waals surface area contributed by atoms with E-state index in [9.17, 15) is 9.59 Å². The van der Waals surface area contributed by atoms with Crippen LogP contribution in [0.4, 0.5) is 0 Å². The molecule has 2 atom stereocenters. The minimum absolute atomic E-state index is 0.00325. The average Bonchev–Trinajstić information content (AvgIpc) is 3.54. The van der Waals surface area contributed by atoms with E-state index in [1.54, 1.807) is 19.6 Å². The maximum absolute atomic E-state index is 14.0. The largest absolute Gasteiger partial charge is 0.497 e. The van der Waals surface area contributed by atoms with Crippen LogP contribution in [0.3, 0.4) is 0 Å². The molecule has 1 saturated carbocycles. The van der Waals surface area contributed by atoms with Crippen molar-refractivity contribution in [2.75, 3.05) is 20.2 Å². The van der Waals surface area contributed by atoms with E-state index < -0.39 is 17.7 Å². The Labute approximate surface area is 212 Å². The molecule has 7 nitrogen and oxygen atoms in total. The number of methoxy groups -OCH3 is 1. The monoisotopic (exact) mass is 486 g/mol. The molecule has 2 aromatic carbocycles. The van der Waals surface area contributed by atoms with Crippen molar-refractivity contribution >= 4 is 11.8 Å². The Balaban J connectivity index is 1.39. The van der Waals surface area contributed by atoms with Crippen LogP contribution in [-0.4, -0.2) is 46.9 Å². The number of likely N-dealkylation sites (tertiary alicyclic amines) is 1. The lowest BCUT2D eigenvalue weighted by atomic mass is 9.69. The summed E-state index contributed by atoms with van der Waals surface area (Å²) >= 11 is 0. The molecule has 3 N–H and O–H groups in total. The van der Waals surface area contributed by atoms with Crippen LogP contribution in [0, 0.1) is 17.8 Å². The molecule has 36 heavy (non-hydrogen) atoms. The van der Waals surface area contributed by atoms with Crippen molar-refractivity contribution < 1.29 is 14.3 Å². The lowest BCUT2D eigenvalue weighted by Crippen LogP contribution is -2.63. The molecule has 2 amide bonds. The number of amides is 2. The number of nitrogens with two attached hydrogens (primary N) is 1. The average molecular weight is 487 g/mol. The van der Waals surface area contributed by atoms with E-state index in [1.807, 2.05) is 35.2 Å². The van der Waals surface area contributed by atoms with Crippen molar-refractivity contribution in [3.63, 3.8) is 0 Å². The summed E-state index contributed by atoms with van der Waals surface area (Å²) in [7, 11) is 1.62. The van der Waals surface area contributed by atoms with Gasteiger partial charge in [-0.2, -0.15) is 0 Å². The van der Waals surface area contributed by atoms with E-state index in [1.165, 1.54) is 18.4 Å². The van der Waals surface area contributed by atoms with Crippen LogP contribution in [0.15, 0.2) is 67.1 Å². The highest BCUT2D eigenvalue weighted by atomic mass is 16.5. The minimum atomic E-state index is -0.643. The fourth-order valence-corrected chi connectivity index (χ4v) is 5.66. The summed E-state index contributed by atoms with van der Waals surface area (Å²) in [6, 6.07) is 18.2. The number of aromatic nitrogens is 2. The number of benzene rings is 2. The van der Waals surface area contributed by atoms with E-state index in [4.69, 9.17) is 10.5 Å². The molecule has 7 heteroatoms. The zero-order valence-electron chi connectivity index (χ0n) is 20.7. The van der Waals surface area contributed by atoms with Crippen molar-refractivity contribution in [3.8, 4) is 5.75 Å². The van der Waals surface area contributed by atoms with Gasteiger partial charge in [-0.15, -0.1) is 0 Å². The van der Waals surface area contributed by atoms with Gasteiger partial charge in [0, 0.05) is 36.8 Å². The number of aromatic amines is 1. The number of hydrogen-bond donors (Lipinski definition) is 2. The molecule has 1 unspecified atom stereocenters. The predicted octanol–water partition coefficient (Wildman–Crippen LogP) is 3.50. The summed E-state index contributed by atoms with van der Waals surface area (Å²) in [5, 5.41) is 0. The second kappa shape index (κ2) is 10.2. The Morgan fingerprint density at radius 3 is 2.39 bits per heavy atom. The first kappa shape index (κ1) is 24.1. The zero-order valence-corrected chi connectivity index (χ0v) is 20.7. The Bertz CT molecular complexity index is 1170. The van der Waals surface area contributed by atoms with Crippen molar-refractivity contribution in [1.29, 1.82) is 0 Å². The standard InChI is InChI=1S/C29H34N4O3/c1-36-24-11-9-20(10-12-24)13-26(25(27(30)34)14-23-16-31-19-32-23)28(35)33-17-29(18-33,15-21-7-8-21)22-5-3-2-4-6-22/h2-6,9-12,16,19,21,25-26H,7-8,13-15,17-18H2,1H3,(H2,30,34)(H,31,32)/t25?,26-/m1/s1. The quantitative estimate of drug-likeness (QED) is 0.433. The summed E-state index contributed by atoms with van der Waals surface area (Å²) in [5.41, 5.74) is 8.97. The Hall–Kier alpha value is -3.61. The molecule has 1 aromatic heterocycles. The molecule has 1 saturated heterocycles. The summed E-state index contributed by atoms with van der Waals surface area (Å²) in [6.45, 7) is 1.36. The summed E-state index contributed by atoms with van der Waals surface area (Å²) < 4.78 is 5.28. The van der Waals surface area contributed by atoms with Crippen molar-refractivity contribution in [1.82, 2.24) is 14.9 Å². The minimum Gasteiger partial charge on any atom is -0.497 e. The van der Waals surface area contributed by atoms with E-state index in [0.717, 1.165) is 29.3 Å². The van der Waals surface area contributed by atoms with Crippen LogP contribution in [0.5, 0.6) is 5.75 Å². The van der Waals surface area contributed by atoms with Crippen LogP contribution in [-0.2, 0) is 27.8 Å². The molecule has 3 aromatic rings. The molecule has 5 rings (SSSR count). The first-order chi connectivity index (χ1) is 17.5. The molecule has 0 bridgehead atoms. The van der Waals surface area contributed by atoms with Gasteiger partial charge < -0.3 is 20.4 Å². The second-order valence-electron chi connectivity index (χ2n) is 10.4. The third-order valence-electron chi connectivity index (χ3n) is 7.84. The maximum Gasteiger partial charge on any atom is 0.226 e. The topological polar surface area (TPSA) is 101 Å². The van der Waals surface area contributed by atoms with Gasteiger partial charge in [-0.25, -0.2) is 4.98 Å². The number of nitrogens with zero attached hydrogens (tertiary/aromatic N) is 2. The number of nitrogens with one attached hydrogen (secondary N) is 1. The number of imidazole rings is 1. The highest BCUT2D eigenvalue weighted by Gasteiger charge is 2.50. The van der Waals surface area contributed by atoms with Gasteiger partial charge in [0.15, 0.2) is 0 Å². The Kier molecular flexibility index (Phi) is 6.81. The molecule has 2 heterocycles. The van der Waals surface area contributed by atoms with Gasteiger partial charge in [0.2, 0.25) is 11.8 Å². The van der Waals surface area contributed by atoms with Gasteiger partial charge in [0.25, 0.3) is 0 Å². The SMILES string of the molecule is COc1ccc(C[C@@H](C(=O)N2CC(CC3CC3)(c3ccccc3)C2)C(Cc2cnc[nH]2)C(N)=O)cc1. The fourth-order valence-electron chi connectivity index (χ4n) is 5.66. The van der Waals surface area contributed by atoms with Crippen molar-refractivity contribution in [3.05, 3.63) is 83.9 Å². The van der Waals surface area contributed by atoms with Crippen LogP contribution < -0.4 is 10.5 Å². The molecular formula is C29H34N4O3. The van der Waals surface area contributed by atoms with E-state index in [2.05, 4.69) is 34.2 Å². The lowest BCUT2D eigenvalue weighted by molar-refractivity contribution is -0.148. The normalized spacial score (nSPS) is 18.2. The number of ether oxygens (including phenoxy) is 1. The van der Waals surface area contributed by atoms with Crippen molar-refractivity contribution in [2.45, 2.75) is 37.5 Å². The smallest absolute Gasteiger partial charge is 0.226 e.